The van der Waals surface area contributed by atoms with Crippen molar-refractivity contribution < 1.29 is 9.53 Å². The van der Waals surface area contributed by atoms with Crippen molar-refractivity contribution in [2.45, 2.75) is 13.3 Å². The van der Waals surface area contributed by atoms with E-state index in [2.05, 4.69) is 29.6 Å². The van der Waals surface area contributed by atoms with Gasteiger partial charge in [0.2, 0.25) is 5.91 Å². The molecule has 1 aliphatic rings. The zero-order valence-corrected chi connectivity index (χ0v) is 11.9. The molecule has 0 spiro atoms. The summed E-state index contributed by atoms with van der Waals surface area (Å²) in [5, 5.41) is 2.75. The Morgan fingerprint density at radius 1 is 1.10 bits per heavy atom. The molecular formula is C18H17NO2. The van der Waals surface area contributed by atoms with Gasteiger partial charge in [0.1, 0.15) is 5.75 Å². The van der Waals surface area contributed by atoms with Crippen LogP contribution in [0.3, 0.4) is 0 Å². The molecular weight excluding hydrogens is 262 g/mol. The molecule has 3 heteroatoms. The molecule has 0 bridgehead atoms. The van der Waals surface area contributed by atoms with Crippen LogP contribution < -0.4 is 10.1 Å². The fourth-order valence-electron chi connectivity index (χ4n) is 2.36. The minimum Gasteiger partial charge on any atom is -0.493 e. The van der Waals surface area contributed by atoms with E-state index in [-0.39, 0.29) is 5.91 Å². The van der Waals surface area contributed by atoms with Gasteiger partial charge in [-0.2, -0.15) is 0 Å². The molecule has 0 unspecified atom stereocenters. The van der Waals surface area contributed by atoms with Crippen LogP contribution in [0.25, 0.3) is 12.2 Å². The number of hydrogen-bond acceptors (Lipinski definition) is 2. The van der Waals surface area contributed by atoms with Crippen LogP contribution in [0.5, 0.6) is 5.75 Å². The Morgan fingerprint density at radius 2 is 1.81 bits per heavy atom. The van der Waals surface area contributed by atoms with Crippen molar-refractivity contribution in [3.63, 3.8) is 0 Å². The normalized spacial score (nSPS) is 13.0. The lowest BCUT2D eigenvalue weighted by Gasteiger charge is -2.02. The highest BCUT2D eigenvalue weighted by atomic mass is 16.5. The highest BCUT2D eigenvalue weighted by Crippen LogP contribution is 2.26. The predicted molar refractivity (Wildman–Crippen MR) is 85.3 cm³/mol. The van der Waals surface area contributed by atoms with Crippen molar-refractivity contribution in [3.8, 4) is 5.75 Å². The third-order valence-electron chi connectivity index (χ3n) is 3.42. The Kier molecular flexibility index (Phi) is 3.73. The summed E-state index contributed by atoms with van der Waals surface area (Å²) in [6.07, 6.45) is 5.12. The topological polar surface area (TPSA) is 38.3 Å². The second kappa shape index (κ2) is 5.83. The van der Waals surface area contributed by atoms with Gasteiger partial charge in [0.15, 0.2) is 0 Å². The fraction of sp³-hybridized carbons (Fsp3) is 0.167. The Bertz CT molecular complexity index is 687. The molecule has 21 heavy (non-hydrogen) atoms. The molecule has 0 atom stereocenters. The molecule has 0 radical (unpaired) electrons. The number of nitrogens with one attached hydrogen (secondary N) is 1. The maximum absolute atomic E-state index is 11.0. The van der Waals surface area contributed by atoms with Crippen molar-refractivity contribution in [2.24, 2.45) is 0 Å². The largest absolute Gasteiger partial charge is 0.493 e. The minimum atomic E-state index is -0.0589. The number of rotatable bonds is 3. The first-order valence-corrected chi connectivity index (χ1v) is 7.02. The summed E-state index contributed by atoms with van der Waals surface area (Å²) >= 11 is 0. The van der Waals surface area contributed by atoms with Gasteiger partial charge in [-0.05, 0) is 34.9 Å². The number of benzene rings is 2. The highest BCUT2D eigenvalue weighted by Gasteiger charge is 2.10. The standard InChI is InChI=1S/C18H17NO2/c1-13(20)19-17-8-5-14(6-9-17)2-3-15-4-7-16-10-11-21-18(16)12-15/h2-9,12H,10-11H2,1H3,(H,19,20)/b3-2+. The quantitative estimate of drug-likeness (QED) is 0.869. The number of ether oxygens (including phenoxy) is 1. The van der Waals surface area contributed by atoms with E-state index < -0.39 is 0 Å². The second-order valence-electron chi connectivity index (χ2n) is 5.10. The Balaban J connectivity index is 1.72. The van der Waals surface area contributed by atoms with E-state index in [1.807, 2.05) is 30.3 Å². The van der Waals surface area contributed by atoms with E-state index in [1.54, 1.807) is 0 Å². The first-order valence-electron chi connectivity index (χ1n) is 7.02. The summed E-state index contributed by atoms with van der Waals surface area (Å²) in [6.45, 7) is 2.29. The third-order valence-corrected chi connectivity index (χ3v) is 3.42. The SMILES string of the molecule is CC(=O)Nc1ccc(/C=C/c2ccc3c(c2)OCC3)cc1. The molecule has 0 saturated carbocycles. The lowest BCUT2D eigenvalue weighted by molar-refractivity contribution is -0.114. The first kappa shape index (κ1) is 13.4. The number of carbonyl (C=O) groups is 1. The van der Waals surface area contributed by atoms with Crippen LogP contribution >= 0.6 is 0 Å². The summed E-state index contributed by atoms with van der Waals surface area (Å²) in [4.78, 5) is 11.0. The van der Waals surface area contributed by atoms with Crippen molar-refractivity contribution in [1.29, 1.82) is 0 Å². The van der Waals surface area contributed by atoms with Crippen LogP contribution in [-0.4, -0.2) is 12.5 Å². The number of carbonyl (C=O) groups excluding carboxylic acids is 1. The maximum atomic E-state index is 11.0. The van der Waals surface area contributed by atoms with Crippen molar-refractivity contribution in [3.05, 3.63) is 59.2 Å². The van der Waals surface area contributed by atoms with Crippen molar-refractivity contribution >= 4 is 23.7 Å². The average Bonchev–Trinajstić information content (AvgIpc) is 2.93. The van der Waals surface area contributed by atoms with Crippen molar-refractivity contribution in [2.75, 3.05) is 11.9 Å². The molecule has 0 saturated heterocycles. The van der Waals surface area contributed by atoms with Crippen LogP contribution in [0.1, 0.15) is 23.6 Å². The highest BCUT2D eigenvalue weighted by molar-refractivity contribution is 5.88. The molecule has 0 aliphatic carbocycles. The van der Waals surface area contributed by atoms with Crippen LogP contribution in [0.2, 0.25) is 0 Å². The van der Waals surface area contributed by atoms with Gasteiger partial charge in [-0.3, -0.25) is 4.79 Å². The lowest BCUT2D eigenvalue weighted by Crippen LogP contribution is -2.05. The first-order chi connectivity index (χ1) is 10.2. The summed E-state index contributed by atoms with van der Waals surface area (Å²) in [5.41, 5.74) is 4.31. The van der Waals surface area contributed by atoms with Gasteiger partial charge < -0.3 is 10.1 Å². The monoisotopic (exact) mass is 279 g/mol. The number of amides is 1. The van der Waals surface area contributed by atoms with Gasteiger partial charge >= 0.3 is 0 Å². The molecule has 0 fully saturated rings. The molecule has 1 aliphatic heterocycles. The zero-order chi connectivity index (χ0) is 14.7. The fourth-order valence-corrected chi connectivity index (χ4v) is 2.36. The van der Waals surface area contributed by atoms with E-state index in [4.69, 9.17) is 4.74 Å². The molecule has 1 N–H and O–H groups in total. The van der Waals surface area contributed by atoms with Crippen molar-refractivity contribution in [1.82, 2.24) is 0 Å². The van der Waals surface area contributed by atoms with E-state index in [9.17, 15) is 4.79 Å². The van der Waals surface area contributed by atoms with Gasteiger partial charge in [-0.25, -0.2) is 0 Å². The van der Waals surface area contributed by atoms with E-state index in [0.717, 1.165) is 35.6 Å². The van der Waals surface area contributed by atoms with Crippen LogP contribution in [-0.2, 0) is 11.2 Å². The molecule has 1 amide bonds. The molecule has 2 aromatic carbocycles. The number of hydrogen-bond donors (Lipinski definition) is 1. The maximum Gasteiger partial charge on any atom is 0.221 e. The molecule has 3 nitrogen and oxygen atoms in total. The Morgan fingerprint density at radius 3 is 2.57 bits per heavy atom. The van der Waals surface area contributed by atoms with Gasteiger partial charge in [0.05, 0.1) is 6.61 Å². The average molecular weight is 279 g/mol. The predicted octanol–water partition coefficient (Wildman–Crippen LogP) is 3.75. The van der Waals surface area contributed by atoms with Gasteiger partial charge in [-0.15, -0.1) is 0 Å². The molecule has 106 valence electrons. The van der Waals surface area contributed by atoms with Crippen LogP contribution in [0, 0.1) is 0 Å². The van der Waals surface area contributed by atoms with E-state index in [1.165, 1.54) is 12.5 Å². The lowest BCUT2D eigenvalue weighted by atomic mass is 10.1. The van der Waals surface area contributed by atoms with Crippen LogP contribution in [0.4, 0.5) is 5.69 Å². The van der Waals surface area contributed by atoms with Crippen LogP contribution in [0.15, 0.2) is 42.5 Å². The molecule has 2 aromatic rings. The Hall–Kier alpha value is -2.55. The third kappa shape index (κ3) is 3.31. The molecule has 3 rings (SSSR count). The number of anilines is 1. The smallest absolute Gasteiger partial charge is 0.221 e. The molecule has 1 heterocycles. The second-order valence-corrected chi connectivity index (χ2v) is 5.10. The zero-order valence-electron chi connectivity index (χ0n) is 11.9. The Labute approximate surface area is 124 Å². The number of fused-ring (bicyclic) bond motifs is 1. The summed E-state index contributed by atoms with van der Waals surface area (Å²) < 4.78 is 5.57. The van der Waals surface area contributed by atoms with Gasteiger partial charge in [-0.1, -0.05) is 36.4 Å². The van der Waals surface area contributed by atoms with E-state index >= 15 is 0 Å². The summed E-state index contributed by atoms with van der Waals surface area (Å²) in [7, 11) is 0. The summed E-state index contributed by atoms with van der Waals surface area (Å²) in [5.74, 6) is 0.939. The van der Waals surface area contributed by atoms with Gasteiger partial charge in [0, 0.05) is 19.0 Å². The minimum absolute atomic E-state index is 0.0589. The van der Waals surface area contributed by atoms with Gasteiger partial charge in [0.25, 0.3) is 0 Å². The van der Waals surface area contributed by atoms with E-state index in [0.29, 0.717) is 0 Å². The summed E-state index contributed by atoms with van der Waals surface area (Å²) in [6, 6.07) is 14.1. The molecule has 0 aromatic heterocycles.